The molecule has 0 amide bonds. The Morgan fingerprint density at radius 3 is 2.47 bits per heavy atom. The standard InChI is InChI=1S/C14H21NOS/c1-10-7-8-11(2)14(12(10)3)16-9-5-4-6-13(15)17/h7-8H,4-6,9H2,1-3H3,(H2,15,17). The van der Waals surface area contributed by atoms with E-state index >= 15 is 0 Å². The van der Waals surface area contributed by atoms with Crippen LogP contribution >= 0.6 is 12.2 Å². The molecule has 0 atom stereocenters. The Labute approximate surface area is 109 Å². The van der Waals surface area contributed by atoms with Crippen LogP contribution in [0.1, 0.15) is 36.0 Å². The summed E-state index contributed by atoms with van der Waals surface area (Å²) in [7, 11) is 0. The van der Waals surface area contributed by atoms with E-state index in [4.69, 9.17) is 22.7 Å². The molecule has 1 aromatic rings. The average molecular weight is 251 g/mol. The van der Waals surface area contributed by atoms with Crippen LogP contribution in [0.4, 0.5) is 0 Å². The lowest BCUT2D eigenvalue weighted by Gasteiger charge is -2.13. The van der Waals surface area contributed by atoms with Crippen LogP contribution < -0.4 is 10.5 Å². The van der Waals surface area contributed by atoms with Gasteiger partial charge in [-0.15, -0.1) is 0 Å². The molecule has 0 spiro atoms. The first-order valence-corrected chi connectivity index (χ1v) is 6.41. The van der Waals surface area contributed by atoms with Gasteiger partial charge in [-0.2, -0.15) is 0 Å². The fraction of sp³-hybridized carbons (Fsp3) is 0.500. The van der Waals surface area contributed by atoms with E-state index in [9.17, 15) is 0 Å². The number of benzene rings is 1. The summed E-state index contributed by atoms with van der Waals surface area (Å²) in [5.41, 5.74) is 9.15. The Morgan fingerprint density at radius 1 is 1.18 bits per heavy atom. The molecule has 17 heavy (non-hydrogen) atoms. The van der Waals surface area contributed by atoms with E-state index in [0.717, 1.165) is 31.6 Å². The van der Waals surface area contributed by atoms with Gasteiger partial charge in [-0.1, -0.05) is 24.4 Å². The molecule has 1 rings (SSSR count). The molecule has 2 nitrogen and oxygen atoms in total. The van der Waals surface area contributed by atoms with Crippen molar-refractivity contribution >= 4 is 17.2 Å². The van der Waals surface area contributed by atoms with Crippen LogP contribution in [0.25, 0.3) is 0 Å². The quantitative estimate of drug-likeness (QED) is 0.621. The molecule has 3 heteroatoms. The summed E-state index contributed by atoms with van der Waals surface area (Å²) < 4.78 is 5.85. The predicted molar refractivity (Wildman–Crippen MR) is 76.8 cm³/mol. The van der Waals surface area contributed by atoms with E-state index in [2.05, 4.69) is 32.9 Å². The van der Waals surface area contributed by atoms with Crippen molar-refractivity contribution in [3.8, 4) is 5.75 Å². The van der Waals surface area contributed by atoms with Crippen molar-refractivity contribution in [2.45, 2.75) is 40.0 Å². The second-order valence-corrected chi connectivity index (χ2v) is 4.95. The Morgan fingerprint density at radius 2 is 1.82 bits per heavy atom. The maximum absolute atomic E-state index is 5.85. The molecule has 0 aliphatic rings. The molecule has 0 fully saturated rings. The van der Waals surface area contributed by atoms with Crippen LogP contribution in [-0.4, -0.2) is 11.6 Å². The smallest absolute Gasteiger partial charge is 0.125 e. The van der Waals surface area contributed by atoms with E-state index in [0.29, 0.717) is 4.99 Å². The van der Waals surface area contributed by atoms with Crippen molar-refractivity contribution in [2.24, 2.45) is 5.73 Å². The average Bonchev–Trinajstić information content (AvgIpc) is 2.27. The molecule has 0 aliphatic heterocycles. The van der Waals surface area contributed by atoms with Gasteiger partial charge in [0.25, 0.3) is 0 Å². The van der Waals surface area contributed by atoms with Crippen molar-refractivity contribution in [2.75, 3.05) is 6.61 Å². The maximum Gasteiger partial charge on any atom is 0.125 e. The van der Waals surface area contributed by atoms with Crippen LogP contribution in [0.2, 0.25) is 0 Å². The van der Waals surface area contributed by atoms with E-state index in [-0.39, 0.29) is 0 Å². The molecule has 0 saturated heterocycles. The molecule has 0 unspecified atom stereocenters. The van der Waals surface area contributed by atoms with E-state index in [1.807, 2.05) is 0 Å². The fourth-order valence-electron chi connectivity index (χ4n) is 1.72. The summed E-state index contributed by atoms with van der Waals surface area (Å²) in [5.74, 6) is 1.03. The zero-order valence-electron chi connectivity index (χ0n) is 10.9. The van der Waals surface area contributed by atoms with Gasteiger partial charge in [0.1, 0.15) is 5.75 Å². The molecule has 0 aromatic heterocycles. The molecule has 94 valence electrons. The van der Waals surface area contributed by atoms with Crippen LogP contribution in [0, 0.1) is 20.8 Å². The second kappa shape index (κ2) is 6.60. The first kappa shape index (κ1) is 14.0. The molecule has 2 N–H and O–H groups in total. The van der Waals surface area contributed by atoms with Crippen molar-refractivity contribution in [1.29, 1.82) is 0 Å². The zero-order chi connectivity index (χ0) is 12.8. The Hall–Kier alpha value is -1.09. The SMILES string of the molecule is Cc1ccc(C)c(OCCCCC(N)=S)c1C. The van der Waals surface area contributed by atoms with Crippen molar-refractivity contribution in [1.82, 2.24) is 0 Å². The van der Waals surface area contributed by atoms with Gasteiger partial charge in [-0.05, 0) is 56.7 Å². The number of hydrogen-bond acceptors (Lipinski definition) is 2. The lowest BCUT2D eigenvalue weighted by atomic mass is 10.1. The number of aryl methyl sites for hydroxylation is 2. The third-order valence-corrected chi connectivity index (χ3v) is 3.14. The first-order chi connectivity index (χ1) is 8.02. The fourth-order valence-corrected chi connectivity index (χ4v) is 1.87. The summed E-state index contributed by atoms with van der Waals surface area (Å²) in [4.78, 5) is 0.591. The Balaban J connectivity index is 2.46. The van der Waals surface area contributed by atoms with Crippen molar-refractivity contribution in [3.63, 3.8) is 0 Å². The number of nitrogens with two attached hydrogens (primary N) is 1. The van der Waals surface area contributed by atoms with Gasteiger partial charge in [0.05, 0.1) is 11.6 Å². The highest BCUT2D eigenvalue weighted by atomic mass is 32.1. The van der Waals surface area contributed by atoms with Gasteiger partial charge in [0.2, 0.25) is 0 Å². The van der Waals surface area contributed by atoms with Crippen LogP contribution in [0.3, 0.4) is 0 Å². The van der Waals surface area contributed by atoms with Crippen molar-refractivity contribution < 1.29 is 4.74 Å². The summed E-state index contributed by atoms with van der Waals surface area (Å²) in [6.07, 6.45) is 2.80. The van der Waals surface area contributed by atoms with E-state index in [1.165, 1.54) is 16.7 Å². The second-order valence-electron chi connectivity index (χ2n) is 4.43. The molecule has 0 heterocycles. The lowest BCUT2D eigenvalue weighted by molar-refractivity contribution is 0.304. The molecular weight excluding hydrogens is 230 g/mol. The third kappa shape index (κ3) is 4.35. The lowest BCUT2D eigenvalue weighted by Crippen LogP contribution is -2.08. The first-order valence-electron chi connectivity index (χ1n) is 6.00. The molecule has 0 saturated carbocycles. The normalized spacial score (nSPS) is 10.3. The van der Waals surface area contributed by atoms with Gasteiger partial charge < -0.3 is 10.5 Å². The minimum absolute atomic E-state index is 0.591. The summed E-state index contributed by atoms with van der Waals surface area (Å²) >= 11 is 4.83. The van der Waals surface area contributed by atoms with Crippen LogP contribution in [0.5, 0.6) is 5.75 Å². The van der Waals surface area contributed by atoms with Crippen molar-refractivity contribution in [3.05, 3.63) is 28.8 Å². The van der Waals surface area contributed by atoms with Gasteiger partial charge >= 0.3 is 0 Å². The molecular formula is C14H21NOS. The highest BCUT2D eigenvalue weighted by molar-refractivity contribution is 7.80. The highest BCUT2D eigenvalue weighted by Crippen LogP contribution is 2.25. The Kier molecular flexibility index (Phi) is 5.42. The predicted octanol–water partition coefficient (Wildman–Crippen LogP) is 3.45. The molecule has 1 aromatic carbocycles. The topological polar surface area (TPSA) is 35.2 Å². The number of rotatable bonds is 6. The number of hydrogen-bond donors (Lipinski definition) is 1. The van der Waals surface area contributed by atoms with Gasteiger partial charge in [-0.25, -0.2) is 0 Å². The largest absolute Gasteiger partial charge is 0.493 e. The van der Waals surface area contributed by atoms with Gasteiger partial charge in [0.15, 0.2) is 0 Å². The highest BCUT2D eigenvalue weighted by Gasteiger charge is 2.05. The van der Waals surface area contributed by atoms with Crippen LogP contribution in [-0.2, 0) is 0 Å². The van der Waals surface area contributed by atoms with E-state index < -0.39 is 0 Å². The van der Waals surface area contributed by atoms with Gasteiger partial charge in [0, 0.05) is 0 Å². The summed E-state index contributed by atoms with van der Waals surface area (Å²) in [5, 5.41) is 0. The molecule has 0 bridgehead atoms. The Bertz CT molecular complexity index is 401. The molecule has 0 radical (unpaired) electrons. The zero-order valence-corrected chi connectivity index (χ0v) is 11.7. The summed E-state index contributed by atoms with van der Waals surface area (Å²) in [6.45, 7) is 7.02. The summed E-state index contributed by atoms with van der Waals surface area (Å²) in [6, 6.07) is 4.23. The third-order valence-electron chi connectivity index (χ3n) is 2.94. The minimum atomic E-state index is 0.591. The number of unbranched alkanes of at least 4 members (excludes halogenated alkanes) is 1. The van der Waals surface area contributed by atoms with Gasteiger partial charge in [-0.3, -0.25) is 0 Å². The minimum Gasteiger partial charge on any atom is -0.493 e. The number of thiocarbonyl (C=S) groups is 1. The monoisotopic (exact) mass is 251 g/mol. The van der Waals surface area contributed by atoms with E-state index in [1.54, 1.807) is 0 Å². The molecule has 0 aliphatic carbocycles. The number of ether oxygens (including phenoxy) is 1. The maximum atomic E-state index is 5.85. The van der Waals surface area contributed by atoms with Crippen LogP contribution in [0.15, 0.2) is 12.1 Å².